The van der Waals surface area contributed by atoms with Gasteiger partial charge in [0.1, 0.15) is 17.5 Å². The molecule has 31 heavy (non-hydrogen) atoms. The van der Waals surface area contributed by atoms with Crippen molar-refractivity contribution in [2.45, 2.75) is 31.5 Å². The first kappa shape index (κ1) is 21.2. The van der Waals surface area contributed by atoms with E-state index in [9.17, 15) is 18.3 Å². The van der Waals surface area contributed by atoms with Gasteiger partial charge >= 0.3 is 6.18 Å². The van der Waals surface area contributed by atoms with Crippen LogP contribution >= 0.6 is 0 Å². The topological polar surface area (TPSA) is 77.4 Å². The number of methoxy groups -OCH3 is 1. The summed E-state index contributed by atoms with van der Waals surface area (Å²) in [7, 11) is 1.39. The smallest absolute Gasteiger partial charge is 0.416 e. The predicted molar refractivity (Wildman–Crippen MR) is 105 cm³/mol. The minimum Gasteiger partial charge on any atom is -0.467 e. The van der Waals surface area contributed by atoms with Crippen molar-refractivity contribution in [2.24, 2.45) is 0 Å². The molecule has 1 aliphatic rings. The van der Waals surface area contributed by atoms with Crippen LogP contribution in [0.25, 0.3) is 11.3 Å². The van der Waals surface area contributed by atoms with Crippen molar-refractivity contribution >= 4 is 0 Å². The summed E-state index contributed by atoms with van der Waals surface area (Å²) < 4.78 is 49.9. The van der Waals surface area contributed by atoms with E-state index in [4.69, 9.17) is 9.47 Å². The fourth-order valence-electron chi connectivity index (χ4n) is 3.78. The Morgan fingerprint density at radius 3 is 2.65 bits per heavy atom. The Kier molecular flexibility index (Phi) is 5.88. The van der Waals surface area contributed by atoms with Gasteiger partial charge in [0.05, 0.1) is 11.3 Å². The average Bonchev–Trinajstić information content (AvgIpc) is 3.26. The minimum atomic E-state index is -4.50. The minimum absolute atomic E-state index is 0.0145. The lowest BCUT2D eigenvalue weighted by Gasteiger charge is -2.18. The van der Waals surface area contributed by atoms with E-state index in [-0.39, 0.29) is 12.5 Å². The molecule has 9 heteroatoms. The third kappa shape index (κ3) is 4.24. The van der Waals surface area contributed by atoms with Crippen LogP contribution in [-0.2, 0) is 23.8 Å². The molecule has 1 atom stereocenters. The number of nitrogens with zero attached hydrogens (tertiary/aromatic N) is 3. The van der Waals surface area contributed by atoms with Crippen LogP contribution in [0.4, 0.5) is 13.2 Å². The fourth-order valence-corrected chi connectivity index (χ4v) is 3.78. The molecule has 0 amide bonds. The molecule has 0 aliphatic heterocycles. The van der Waals surface area contributed by atoms with Crippen molar-refractivity contribution in [3.8, 4) is 17.0 Å². The summed E-state index contributed by atoms with van der Waals surface area (Å²) in [4.78, 5) is 4.03. The highest BCUT2D eigenvalue weighted by Gasteiger charge is 2.33. The van der Waals surface area contributed by atoms with Gasteiger partial charge in [0.15, 0.2) is 6.79 Å². The van der Waals surface area contributed by atoms with Crippen molar-refractivity contribution < 1.29 is 27.8 Å². The average molecular weight is 431 g/mol. The summed E-state index contributed by atoms with van der Waals surface area (Å²) in [6.07, 6.45) is -0.113. The molecule has 3 aromatic rings. The Morgan fingerprint density at radius 1 is 1.13 bits per heavy atom. The van der Waals surface area contributed by atoms with Gasteiger partial charge in [-0.15, -0.1) is 5.10 Å². The summed E-state index contributed by atoms with van der Waals surface area (Å²) >= 11 is 0. The summed E-state index contributed by atoms with van der Waals surface area (Å²) in [5.41, 5.74) is 2.78. The number of aromatic nitrogens is 3. The Hall–Kier alpha value is -3.04. The SMILES string of the molecule is COCOc1cc(C(F)(F)F)ccc1-c1nnc(C(O)c2cccnc2)c2c1CCC2. The molecule has 2 heterocycles. The van der Waals surface area contributed by atoms with E-state index < -0.39 is 17.8 Å². The molecule has 1 N–H and O–H groups in total. The van der Waals surface area contributed by atoms with Crippen molar-refractivity contribution in [1.29, 1.82) is 0 Å². The third-order valence-corrected chi connectivity index (χ3v) is 5.23. The van der Waals surface area contributed by atoms with Gasteiger partial charge in [0, 0.05) is 30.6 Å². The van der Waals surface area contributed by atoms with Crippen LogP contribution in [0.1, 0.15) is 40.5 Å². The molecular weight excluding hydrogens is 411 g/mol. The van der Waals surface area contributed by atoms with Crippen LogP contribution in [0.15, 0.2) is 42.7 Å². The van der Waals surface area contributed by atoms with Gasteiger partial charge in [-0.05, 0) is 54.7 Å². The van der Waals surface area contributed by atoms with Crippen molar-refractivity contribution in [1.82, 2.24) is 15.2 Å². The first-order chi connectivity index (χ1) is 14.9. The lowest BCUT2D eigenvalue weighted by Crippen LogP contribution is -2.11. The molecule has 6 nitrogen and oxygen atoms in total. The lowest BCUT2D eigenvalue weighted by atomic mass is 9.97. The van der Waals surface area contributed by atoms with Crippen LogP contribution in [0, 0.1) is 0 Å². The van der Waals surface area contributed by atoms with Crippen LogP contribution in [0.3, 0.4) is 0 Å². The Balaban J connectivity index is 1.80. The van der Waals surface area contributed by atoms with E-state index in [1.165, 1.54) is 13.2 Å². The Morgan fingerprint density at radius 2 is 1.94 bits per heavy atom. The highest BCUT2D eigenvalue weighted by molar-refractivity contribution is 5.72. The monoisotopic (exact) mass is 431 g/mol. The highest BCUT2D eigenvalue weighted by atomic mass is 19.4. The van der Waals surface area contributed by atoms with E-state index in [0.717, 1.165) is 29.7 Å². The molecule has 0 bridgehead atoms. The molecule has 1 aromatic carbocycles. The molecule has 4 rings (SSSR count). The number of alkyl halides is 3. The molecule has 0 saturated carbocycles. The van der Waals surface area contributed by atoms with E-state index in [0.29, 0.717) is 35.4 Å². The summed E-state index contributed by atoms with van der Waals surface area (Å²) in [5.74, 6) is 0.0145. The number of hydrogen-bond acceptors (Lipinski definition) is 6. The number of aliphatic hydroxyl groups excluding tert-OH is 1. The number of hydrogen-bond donors (Lipinski definition) is 1. The maximum absolute atomic E-state index is 13.2. The molecule has 2 aromatic heterocycles. The maximum atomic E-state index is 13.2. The standard InChI is InChI=1S/C22H20F3N3O3/c1-30-12-31-18-10-14(22(23,24)25)7-8-17(18)19-15-5-2-6-16(15)20(28-27-19)21(29)13-4-3-9-26-11-13/h3-4,7-11,21,29H,2,5-6,12H2,1H3. The number of aliphatic hydroxyl groups is 1. The second-order valence-corrected chi connectivity index (χ2v) is 7.19. The molecule has 1 aliphatic carbocycles. The van der Waals surface area contributed by atoms with Crippen LogP contribution in [-0.4, -0.2) is 34.2 Å². The van der Waals surface area contributed by atoms with Crippen LogP contribution in [0.5, 0.6) is 5.75 Å². The first-order valence-electron chi connectivity index (χ1n) is 9.69. The van der Waals surface area contributed by atoms with Gasteiger partial charge in [-0.2, -0.15) is 18.3 Å². The second-order valence-electron chi connectivity index (χ2n) is 7.19. The van der Waals surface area contributed by atoms with Crippen molar-refractivity contribution in [3.63, 3.8) is 0 Å². The van der Waals surface area contributed by atoms with Gasteiger partial charge < -0.3 is 14.6 Å². The number of fused-ring (bicyclic) bond motifs is 1. The zero-order chi connectivity index (χ0) is 22.0. The van der Waals surface area contributed by atoms with E-state index in [2.05, 4.69) is 15.2 Å². The number of pyridine rings is 1. The molecule has 1 unspecified atom stereocenters. The van der Waals surface area contributed by atoms with Gasteiger partial charge in [-0.1, -0.05) is 6.07 Å². The first-order valence-corrected chi connectivity index (χ1v) is 9.69. The Bertz CT molecular complexity index is 1070. The molecule has 0 saturated heterocycles. The molecule has 162 valence electrons. The summed E-state index contributed by atoms with van der Waals surface area (Å²) in [6, 6.07) is 6.75. The summed E-state index contributed by atoms with van der Waals surface area (Å²) in [6.45, 7) is -0.207. The molecule has 0 radical (unpaired) electrons. The number of ether oxygens (including phenoxy) is 2. The van der Waals surface area contributed by atoms with E-state index in [1.54, 1.807) is 24.5 Å². The van der Waals surface area contributed by atoms with Gasteiger partial charge in [-0.3, -0.25) is 4.98 Å². The zero-order valence-electron chi connectivity index (χ0n) is 16.7. The largest absolute Gasteiger partial charge is 0.467 e. The van der Waals surface area contributed by atoms with Gasteiger partial charge in [0.25, 0.3) is 0 Å². The van der Waals surface area contributed by atoms with E-state index in [1.807, 2.05) is 0 Å². The summed E-state index contributed by atoms with van der Waals surface area (Å²) in [5, 5.41) is 19.4. The second kappa shape index (κ2) is 8.60. The number of rotatable bonds is 6. The molecular formula is C22H20F3N3O3. The van der Waals surface area contributed by atoms with Gasteiger partial charge in [-0.25, -0.2) is 0 Å². The zero-order valence-corrected chi connectivity index (χ0v) is 16.7. The van der Waals surface area contributed by atoms with Crippen LogP contribution in [0.2, 0.25) is 0 Å². The normalized spacial score (nSPS) is 14.4. The van der Waals surface area contributed by atoms with E-state index >= 15 is 0 Å². The van der Waals surface area contributed by atoms with Gasteiger partial charge in [0.2, 0.25) is 0 Å². The molecule has 0 fully saturated rings. The quantitative estimate of drug-likeness (QED) is 0.592. The third-order valence-electron chi connectivity index (χ3n) is 5.23. The lowest BCUT2D eigenvalue weighted by molar-refractivity contribution is -0.137. The van der Waals surface area contributed by atoms with Crippen molar-refractivity contribution in [2.75, 3.05) is 13.9 Å². The number of benzene rings is 1. The predicted octanol–water partition coefficient (Wildman–Crippen LogP) is 4.11. The fraction of sp³-hybridized carbons (Fsp3) is 0.318. The van der Waals surface area contributed by atoms with Crippen molar-refractivity contribution in [3.05, 3.63) is 70.7 Å². The molecule has 0 spiro atoms. The Labute approximate surface area is 176 Å². The number of halogens is 3. The highest BCUT2D eigenvalue weighted by Crippen LogP contribution is 2.41. The maximum Gasteiger partial charge on any atom is 0.416 e. The van der Waals surface area contributed by atoms with Crippen LogP contribution < -0.4 is 4.74 Å².